The second-order valence-corrected chi connectivity index (χ2v) is 12.0. The first-order chi connectivity index (χ1) is 16.3. The molecular formula is C24H39INO6PS. The lowest BCUT2D eigenvalue weighted by Gasteiger charge is -2.20. The Hall–Kier alpha value is -0.580. The molecule has 7 nitrogen and oxygen atoms in total. The summed E-state index contributed by atoms with van der Waals surface area (Å²) in [5.74, 6) is 1.17. The van der Waals surface area contributed by atoms with E-state index in [0.29, 0.717) is 44.0 Å². The van der Waals surface area contributed by atoms with E-state index in [2.05, 4.69) is 46.4 Å². The van der Waals surface area contributed by atoms with Gasteiger partial charge in [0, 0.05) is 30.0 Å². The van der Waals surface area contributed by atoms with E-state index < -0.39 is 7.60 Å². The Kier molecular flexibility index (Phi) is 15.0. The first-order valence-corrected chi connectivity index (χ1v) is 17.1. The number of esters is 1. The summed E-state index contributed by atoms with van der Waals surface area (Å²) in [6, 6.07) is 0. The molecule has 0 saturated carbocycles. The minimum atomic E-state index is -3.51. The van der Waals surface area contributed by atoms with Gasteiger partial charge in [-0.1, -0.05) is 41.4 Å². The summed E-state index contributed by atoms with van der Waals surface area (Å²) < 4.78 is 28.1. The minimum absolute atomic E-state index is 0.0764. The molecule has 0 saturated heterocycles. The van der Waals surface area contributed by atoms with Crippen LogP contribution >= 0.6 is 37.7 Å². The molecule has 1 aromatic rings. The number of hydrogen-bond acceptors (Lipinski definition) is 7. The standard InChI is InChI=1S/C22H33INO6PS.C2H6/c1-5-17-16(4)19-14-29-22(25)20(19)21(28-10-12-32-23)18(17)8-7-15(3)13-24-9-11-31(26,27)30-6-2;1-2/h7,24H,5-6,8-14H2,1-4H3,(H,26,27);1-2H3/b15-7+;. The molecule has 10 heteroatoms. The van der Waals surface area contributed by atoms with Crippen LogP contribution in [0.5, 0.6) is 5.75 Å². The number of nitrogens with one attached hydrogen (secondary N) is 1. The molecule has 0 aliphatic carbocycles. The highest BCUT2D eigenvalue weighted by atomic mass is 127. The predicted octanol–water partition coefficient (Wildman–Crippen LogP) is 6.02. The van der Waals surface area contributed by atoms with Crippen molar-refractivity contribution in [1.82, 2.24) is 5.32 Å². The van der Waals surface area contributed by atoms with Crippen LogP contribution in [-0.4, -0.2) is 49.1 Å². The van der Waals surface area contributed by atoms with Gasteiger partial charge >= 0.3 is 13.6 Å². The largest absolute Gasteiger partial charge is 0.491 e. The maximum absolute atomic E-state index is 12.5. The average molecular weight is 628 g/mol. The molecule has 0 spiro atoms. The van der Waals surface area contributed by atoms with E-state index in [-0.39, 0.29) is 18.7 Å². The van der Waals surface area contributed by atoms with E-state index in [1.54, 1.807) is 15.9 Å². The highest BCUT2D eigenvalue weighted by Crippen LogP contribution is 2.41. The third-order valence-corrected chi connectivity index (χ3v) is 8.44. The van der Waals surface area contributed by atoms with E-state index in [9.17, 15) is 14.3 Å². The minimum Gasteiger partial charge on any atom is -0.491 e. The molecule has 1 aromatic carbocycles. The third-order valence-electron chi connectivity index (χ3n) is 5.35. The van der Waals surface area contributed by atoms with Crippen molar-refractivity contribution < 1.29 is 28.3 Å². The van der Waals surface area contributed by atoms with Crippen LogP contribution in [0.4, 0.5) is 0 Å². The molecule has 0 aromatic heterocycles. The average Bonchev–Trinajstić information content (AvgIpc) is 3.20. The van der Waals surface area contributed by atoms with E-state index >= 15 is 0 Å². The van der Waals surface area contributed by atoms with Gasteiger partial charge < -0.3 is 24.2 Å². The van der Waals surface area contributed by atoms with Crippen molar-refractivity contribution in [3.8, 4) is 5.75 Å². The normalized spacial score (nSPS) is 14.7. The van der Waals surface area contributed by atoms with Crippen LogP contribution in [0.1, 0.15) is 67.2 Å². The summed E-state index contributed by atoms with van der Waals surface area (Å²) in [5.41, 5.74) is 5.97. The van der Waals surface area contributed by atoms with Crippen molar-refractivity contribution in [2.45, 2.75) is 61.0 Å². The van der Waals surface area contributed by atoms with Gasteiger partial charge in [0.2, 0.25) is 0 Å². The number of fused-ring (bicyclic) bond motifs is 1. The number of benzene rings is 1. The fraction of sp³-hybridized carbons (Fsp3) is 0.625. The van der Waals surface area contributed by atoms with E-state index in [4.69, 9.17) is 14.0 Å². The van der Waals surface area contributed by atoms with Gasteiger partial charge in [-0.15, -0.1) is 0 Å². The van der Waals surface area contributed by atoms with E-state index in [0.717, 1.165) is 34.4 Å². The Labute approximate surface area is 220 Å². The zero-order chi connectivity index (χ0) is 25.7. The van der Waals surface area contributed by atoms with E-state index in [1.807, 2.05) is 20.8 Å². The van der Waals surface area contributed by atoms with Gasteiger partial charge in [-0.2, -0.15) is 0 Å². The number of hydrogen-bond donors (Lipinski definition) is 2. The van der Waals surface area contributed by atoms with Crippen LogP contribution in [0.3, 0.4) is 0 Å². The first-order valence-electron chi connectivity index (χ1n) is 11.8. The van der Waals surface area contributed by atoms with Crippen molar-refractivity contribution in [3.63, 3.8) is 0 Å². The number of carbonyl (C=O) groups excluding carboxylic acids is 1. The van der Waals surface area contributed by atoms with Crippen molar-refractivity contribution in [2.75, 3.05) is 38.2 Å². The molecule has 1 aliphatic heterocycles. The molecule has 34 heavy (non-hydrogen) atoms. The molecule has 0 fully saturated rings. The number of halogens is 1. The van der Waals surface area contributed by atoms with Crippen LogP contribution in [-0.2, 0) is 33.3 Å². The van der Waals surface area contributed by atoms with Gasteiger partial charge in [0.05, 0.1) is 19.4 Å². The van der Waals surface area contributed by atoms with Gasteiger partial charge in [0.15, 0.2) is 0 Å². The smallest absolute Gasteiger partial charge is 0.342 e. The highest BCUT2D eigenvalue weighted by Gasteiger charge is 2.32. The molecule has 2 N–H and O–H groups in total. The maximum Gasteiger partial charge on any atom is 0.342 e. The highest BCUT2D eigenvalue weighted by molar-refractivity contribution is 14.2. The number of carbonyl (C=O) groups is 1. The maximum atomic E-state index is 12.5. The Bertz CT molecular complexity index is 893. The number of rotatable bonds is 14. The zero-order valence-electron chi connectivity index (χ0n) is 21.2. The molecule has 2 rings (SSSR count). The van der Waals surface area contributed by atoms with Crippen LogP contribution in [0.2, 0.25) is 0 Å². The molecule has 1 atom stereocenters. The Balaban J connectivity index is 0.00000281. The summed E-state index contributed by atoms with van der Waals surface area (Å²) in [6.45, 7) is 13.9. The summed E-state index contributed by atoms with van der Waals surface area (Å²) >= 11 is 2.24. The van der Waals surface area contributed by atoms with Crippen molar-refractivity contribution in [3.05, 3.63) is 39.5 Å². The van der Waals surface area contributed by atoms with Gasteiger partial charge in [-0.25, -0.2) is 4.79 Å². The molecule has 1 heterocycles. The lowest BCUT2D eigenvalue weighted by molar-refractivity contribution is 0.0532. The zero-order valence-corrected chi connectivity index (χ0v) is 25.0. The molecule has 1 unspecified atom stereocenters. The molecule has 0 radical (unpaired) electrons. The topological polar surface area (TPSA) is 94.1 Å². The van der Waals surface area contributed by atoms with Gasteiger partial charge in [-0.05, 0) is 65.9 Å². The lowest BCUT2D eigenvalue weighted by Crippen LogP contribution is -2.21. The molecule has 1 aliphatic rings. The van der Waals surface area contributed by atoms with Gasteiger partial charge in [0.25, 0.3) is 0 Å². The fourth-order valence-corrected chi connectivity index (χ4v) is 5.44. The van der Waals surface area contributed by atoms with Crippen molar-refractivity contribution in [1.29, 1.82) is 0 Å². The summed E-state index contributed by atoms with van der Waals surface area (Å²) in [6.07, 6.45) is 3.68. The van der Waals surface area contributed by atoms with Gasteiger partial charge in [0.1, 0.15) is 17.9 Å². The molecule has 194 valence electrons. The first kappa shape index (κ1) is 31.4. The number of cyclic esters (lactones) is 1. The SMILES string of the molecule is CC.CCOP(=O)(O)CCNC/C(C)=C/Cc1c(CC)c(C)c2c(c1OCCSI)C(=O)OC2. The Morgan fingerprint density at radius 1 is 1.32 bits per heavy atom. The predicted molar refractivity (Wildman–Crippen MR) is 150 cm³/mol. The summed E-state index contributed by atoms with van der Waals surface area (Å²) in [7, 11) is -1.84. The molecule has 0 amide bonds. The van der Waals surface area contributed by atoms with Crippen molar-refractivity contribution >= 4 is 43.7 Å². The quantitative estimate of drug-likeness (QED) is 0.0852. The van der Waals surface area contributed by atoms with Crippen LogP contribution in [0.15, 0.2) is 11.6 Å². The van der Waals surface area contributed by atoms with Crippen molar-refractivity contribution in [2.24, 2.45) is 0 Å². The number of allylic oxidation sites excluding steroid dienone is 1. The summed E-state index contributed by atoms with van der Waals surface area (Å²) in [5, 5.41) is 3.19. The second-order valence-electron chi connectivity index (χ2n) is 7.57. The van der Waals surface area contributed by atoms with Crippen LogP contribution in [0, 0.1) is 6.92 Å². The fourth-order valence-electron chi connectivity index (χ4n) is 3.78. The number of ether oxygens (including phenoxy) is 2. The molecule has 0 bridgehead atoms. The van der Waals surface area contributed by atoms with E-state index in [1.165, 1.54) is 5.56 Å². The summed E-state index contributed by atoms with van der Waals surface area (Å²) in [4.78, 5) is 22.1. The molecular weight excluding hydrogens is 588 g/mol. The third kappa shape index (κ3) is 9.13. The lowest BCUT2D eigenvalue weighted by atomic mass is 9.89. The van der Waals surface area contributed by atoms with Gasteiger partial charge in [-0.3, -0.25) is 4.57 Å². The Morgan fingerprint density at radius 3 is 2.65 bits per heavy atom. The second kappa shape index (κ2) is 16.2. The Morgan fingerprint density at radius 2 is 2.03 bits per heavy atom. The monoisotopic (exact) mass is 627 g/mol. The van der Waals surface area contributed by atoms with Crippen LogP contribution in [0.25, 0.3) is 0 Å². The van der Waals surface area contributed by atoms with Crippen LogP contribution < -0.4 is 10.1 Å².